The molecule has 2 heterocycles. The number of likely N-dealkylation sites (N-methyl/N-ethyl adjacent to an activating group) is 1. The highest BCUT2D eigenvalue weighted by Gasteiger charge is 2.30. The van der Waals surface area contributed by atoms with Gasteiger partial charge in [-0.3, -0.25) is 0 Å². The van der Waals surface area contributed by atoms with Crippen LogP contribution in [0.2, 0.25) is 0 Å². The van der Waals surface area contributed by atoms with Crippen molar-refractivity contribution in [2.75, 3.05) is 38.1 Å². The van der Waals surface area contributed by atoms with Crippen molar-refractivity contribution in [3.05, 3.63) is 10.6 Å². The quantitative estimate of drug-likeness (QED) is 0.866. The van der Waals surface area contributed by atoms with Gasteiger partial charge in [0.15, 0.2) is 5.13 Å². The smallest absolute Gasteiger partial charge is 0.185 e. The Morgan fingerprint density at radius 2 is 2.11 bits per heavy atom. The van der Waals surface area contributed by atoms with E-state index in [0.717, 1.165) is 28.8 Å². The lowest BCUT2D eigenvalue weighted by Crippen LogP contribution is -2.31. The number of hydrogen-bond donors (Lipinski definition) is 1. The summed E-state index contributed by atoms with van der Waals surface area (Å²) in [7, 11) is 2.12. The molecular weight excluding hydrogens is 258 g/mol. The van der Waals surface area contributed by atoms with Crippen molar-refractivity contribution in [3.8, 4) is 0 Å². The Balaban J connectivity index is 1.60. The molecule has 5 heteroatoms. The lowest BCUT2D eigenvalue weighted by molar-refractivity contribution is 0.284. The lowest BCUT2D eigenvalue weighted by atomic mass is 10.2. The van der Waals surface area contributed by atoms with Crippen LogP contribution >= 0.6 is 11.3 Å². The van der Waals surface area contributed by atoms with E-state index in [1.54, 1.807) is 11.3 Å². The van der Waals surface area contributed by atoms with Crippen LogP contribution in [-0.2, 0) is 6.61 Å². The van der Waals surface area contributed by atoms with Gasteiger partial charge in [0.05, 0.1) is 17.2 Å². The summed E-state index contributed by atoms with van der Waals surface area (Å²) in [5.41, 5.74) is 1.16. The zero-order chi connectivity index (χ0) is 13.2. The molecule has 1 saturated heterocycles. The SMILES string of the molecule is CN(CCN1CCCC1)c1nc(C2CC2)c(CO)s1. The number of thiazole rings is 1. The van der Waals surface area contributed by atoms with Gasteiger partial charge in [-0.25, -0.2) is 4.98 Å². The van der Waals surface area contributed by atoms with Crippen LogP contribution in [0.4, 0.5) is 5.13 Å². The molecule has 19 heavy (non-hydrogen) atoms. The minimum absolute atomic E-state index is 0.142. The van der Waals surface area contributed by atoms with Crippen LogP contribution in [0.1, 0.15) is 42.2 Å². The van der Waals surface area contributed by atoms with Crippen molar-refractivity contribution in [2.45, 2.75) is 38.2 Å². The van der Waals surface area contributed by atoms with E-state index < -0.39 is 0 Å². The highest BCUT2D eigenvalue weighted by atomic mass is 32.1. The standard InChI is InChI=1S/C14H23N3OS/c1-16(8-9-17-6-2-3-7-17)14-15-13(11-4-5-11)12(10-18)19-14/h11,18H,2-10H2,1H3. The summed E-state index contributed by atoms with van der Waals surface area (Å²) < 4.78 is 0. The third-order valence-electron chi connectivity index (χ3n) is 4.10. The normalized spacial score (nSPS) is 20.1. The molecule has 3 rings (SSSR count). The summed E-state index contributed by atoms with van der Waals surface area (Å²) >= 11 is 1.66. The fourth-order valence-electron chi connectivity index (χ4n) is 2.70. The number of aliphatic hydroxyl groups is 1. The topological polar surface area (TPSA) is 39.6 Å². The lowest BCUT2D eigenvalue weighted by Gasteiger charge is -2.20. The van der Waals surface area contributed by atoms with Crippen molar-refractivity contribution < 1.29 is 5.11 Å². The van der Waals surface area contributed by atoms with Gasteiger partial charge in [0, 0.05) is 26.1 Å². The minimum Gasteiger partial charge on any atom is -0.391 e. The first-order valence-corrected chi connectivity index (χ1v) is 8.13. The van der Waals surface area contributed by atoms with Crippen molar-refractivity contribution in [3.63, 3.8) is 0 Å². The molecule has 4 nitrogen and oxygen atoms in total. The molecule has 0 bridgehead atoms. The molecule has 1 N–H and O–H groups in total. The van der Waals surface area contributed by atoms with Gasteiger partial charge >= 0.3 is 0 Å². The Morgan fingerprint density at radius 1 is 1.37 bits per heavy atom. The zero-order valence-electron chi connectivity index (χ0n) is 11.6. The predicted molar refractivity (Wildman–Crippen MR) is 79.0 cm³/mol. The number of nitrogens with zero attached hydrogens (tertiary/aromatic N) is 3. The van der Waals surface area contributed by atoms with Gasteiger partial charge in [-0.05, 0) is 38.8 Å². The number of aromatic nitrogens is 1. The largest absolute Gasteiger partial charge is 0.391 e. The van der Waals surface area contributed by atoms with E-state index in [0.29, 0.717) is 5.92 Å². The molecule has 2 aliphatic rings. The first-order chi connectivity index (χ1) is 9.28. The van der Waals surface area contributed by atoms with E-state index in [2.05, 4.69) is 16.8 Å². The maximum absolute atomic E-state index is 9.44. The van der Waals surface area contributed by atoms with Crippen molar-refractivity contribution in [1.29, 1.82) is 0 Å². The van der Waals surface area contributed by atoms with Crippen LogP contribution in [0.25, 0.3) is 0 Å². The summed E-state index contributed by atoms with van der Waals surface area (Å²) in [4.78, 5) is 10.6. The molecule has 2 fully saturated rings. The fourth-order valence-corrected chi connectivity index (χ4v) is 3.69. The van der Waals surface area contributed by atoms with E-state index in [1.165, 1.54) is 38.8 Å². The van der Waals surface area contributed by atoms with E-state index in [1.807, 2.05) is 0 Å². The van der Waals surface area contributed by atoms with Crippen LogP contribution in [-0.4, -0.2) is 48.2 Å². The predicted octanol–water partition coefficient (Wildman–Crippen LogP) is 2.04. The van der Waals surface area contributed by atoms with Crippen LogP contribution in [0.5, 0.6) is 0 Å². The van der Waals surface area contributed by atoms with Gasteiger partial charge in [-0.15, -0.1) is 0 Å². The van der Waals surface area contributed by atoms with Crippen molar-refractivity contribution >= 4 is 16.5 Å². The Kier molecular flexibility index (Phi) is 4.05. The van der Waals surface area contributed by atoms with Gasteiger partial charge in [0.2, 0.25) is 0 Å². The third-order valence-corrected chi connectivity index (χ3v) is 5.27. The maximum atomic E-state index is 9.44. The molecule has 0 spiro atoms. The molecule has 1 aromatic heterocycles. The summed E-state index contributed by atoms with van der Waals surface area (Å²) in [6.45, 7) is 4.80. The Labute approximate surface area is 119 Å². The molecule has 1 aliphatic heterocycles. The molecule has 0 radical (unpaired) electrons. The van der Waals surface area contributed by atoms with Crippen LogP contribution in [0.3, 0.4) is 0 Å². The molecule has 0 aromatic carbocycles. The molecule has 106 valence electrons. The fraction of sp³-hybridized carbons (Fsp3) is 0.786. The Morgan fingerprint density at radius 3 is 2.74 bits per heavy atom. The summed E-state index contributed by atoms with van der Waals surface area (Å²) in [5.74, 6) is 0.624. The monoisotopic (exact) mass is 281 g/mol. The van der Waals surface area contributed by atoms with Crippen LogP contribution in [0, 0.1) is 0 Å². The molecule has 0 atom stereocenters. The van der Waals surface area contributed by atoms with E-state index >= 15 is 0 Å². The first-order valence-electron chi connectivity index (χ1n) is 7.32. The number of hydrogen-bond acceptors (Lipinski definition) is 5. The van der Waals surface area contributed by atoms with Gasteiger partial charge in [0.25, 0.3) is 0 Å². The summed E-state index contributed by atoms with van der Waals surface area (Å²) in [6.07, 6.45) is 5.18. The molecule has 0 amide bonds. The van der Waals surface area contributed by atoms with Crippen molar-refractivity contribution in [1.82, 2.24) is 9.88 Å². The van der Waals surface area contributed by atoms with E-state index in [4.69, 9.17) is 4.98 Å². The average molecular weight is 281 g/mol. The van der Waals surface area contributed by atoms with Crippen LogP contribution in [0.15, 0.2) is 0 Å². The minimum atomic E-state index is 0.142. The summed E-state index contributed by atoms with van der Waals surface area (Å²) in [5, 5.41) is 10.5. The maximum Gasteiger partial charge on any atom is 0.185 e. The zero-order valence-corrected chi connectivity index (χ0v) is 12.5. The second-order valence-electron chi connectivity index (χ2n) is 5.71. The highest BCUT2D eigenvalue weighted by Crippen LogP contribution is 2.44. The van der Waals surface area contributed by atoms with Crippen LogP contribution < -0.4 is 4.90 Å². The van der Waals surface area contributed by atoms with Gasteiger partial charge in [-0.2, -0.15) is 0 Å². The average Bonchev–Trinajstić information content (AvgIpc) is 2.98. The first kappa shape index (κ1) is 13.3. The van der Waals surface area contributed by atoms with Gasteiger partial charge in [0.1, 0.15) is 0 Å². The molecule has 1 aromatic rings. The second kappa shape index (κ2) is 5.77. The molecule has 1 aliphatic carbocycles. The summed E-state index contributed by atoms with van der Waals surface area (Å²) in [6, 6.07) is 0. The van der Waals surface area contributed by atoms with E-state index in [-0.39, 0.29) is 6.61 Å². The molecular formula is C14H23N3OS. The molecule has 1 saturated carbocycles. The van der Waals surface area contributed by atoms with Gasteiger partial charge in [-0.1, -0.05) is 11.3 Å². The number of anilines is 1. The number of rotatable bonds is 6. The number of likely N-dealkylation sites (tertiary alicyclic amines) is 1. The van der Waals surface area contributed by atoms with Crippen molar-refractivity contribution in [2.24, 2.45) is 0 Å². The Hall–Kier alpha value is -0.650. The Bertz CT molecular complexity index is 424. The second-order valence-corrected chi connectivity index (χ2v) is 6.77. The van der Waals surface area contributed by atoms with E-state index in [9.17, 15) is 5.11 Å². The van der Waals surface area contributed by atoms with Gasteiger partial charge < -0.3 is 14.9 Å². The highest BCUT2D eigenvalue weighted by molar-refractivity contribution is 7.15. The number of aliphatic hydroxyl groups excluding tert-OH is 1. The molecule has 0 unspecified atom stereocenters. The third kappa shape index (κ3) is 3.09.